The number of ether oxygens (including phenoxy) is 2. The van der Waals surface area contributed by atoms with Gasteiger partial charge in [0.15, 0.2) is 0 Å². The predicted molar refractivity (Wildman–Crippen MR) is 83.7 cm³/mol. The fourth-order valence-corrected chi connectivity index (χ4v) is 2.77. The summed E-state index contributed by atoms with van der Waals surface area (Å²) in [6.45, 7) is 4.17. The van der Waals surface area contributed by atoms with Crippen molar-refractivity contribution in [3.8, 4) is 0 Å². The van der Waals surface area contributed by atoms with E-state index in [1.807, 2.05) is 6.92 Å². The minimum atomic E-state index is -3.39. The van der Waals surface area contributed by atoms with Gasteiger partial charge in [0.25, 0.3) is 6.02 Å². The molecule has 1 fully saturated rings. The van der Waals surface area contributed by atoms with Crippen LogP contribution in [0.5, 0.6) is 0 Å². The summed E-state index contributed by atoms with van der Waals surface area (Å²) in [5, 5.41) is 3.14. The van der Waals surface area contributed by atoms with Crippen LogP contribution < -0.4 is 11.1 Å². The first kappa shape index (κ1) is 16.9. The number of nitrogens with two attached hydrogens (primary N) is 1. The summed E-state index contributed by atoms with van der Waals surface area (Å²) in [6, 6.07) is 3.61. The van der Waals surface area contributed by atoms with Crippen molar-refractivity contribution < 1.29 is 22.6 Å². The Morgan fingerprint density at radius 3 is 2.62 bits per heavy atom. The highest BCUT2D eigenvalue weighted by molar-refractivity contribution is 5.73. The molecule has 2 aliphatic heterocycles. The molecule has 1 saturated heterocycles. The Morgan fingerprint density at radius 1 is 1.29 bits per heavy atom. The van der Waals surface area contributed by atoms with Gasteiger partial charge >= 0.3 is 5.92 Å². The minimum Gasteiger partial charge on any atom is -0.448 e. The summed E-state index contributed by atoms with van der Waals surface area (Å²) in [7, 11) is 0. The molecule has 1 aromatic rings. The largest absolute Gasteiger partial charge is 0.448 e. The highest BCUT2D eigenvalue weighted by atomic mass is 19.3. The molecule has 0 unspecified atom stereocenters. The molecule has 3 rings (SSSR count). The summed E-state index contributed by atoms with van der Waals surface area (Å²) in [5.74, 6) is -4.17. The maximum atomic E-state index is 14.4. The normalized spacial score (nSPS) is 27.6. The average molecular weight is 343 g/mol. The molecule has 3 N–H and O–H groups in total. The summed E-state index contributed by atoms with van der Waals surface area (Å²) in [5.41, 5.74) is 3.48. The third-order valence-corrected chi connectivity index (χ3v) is 4.54. The molecule has 2 heterocycles. The summed E-state index contributed by atoms with van der Waals surface area (Å²) in [4.78, 5) is 3.41. The van der Waals surface area contributed by atoms with Crippen LogP contribution in [0, 0.1) is 11.2 Å². The monoisotopic (exact) mass is 343 g/mol. The van der Waals surface area contributed by atoms with Crippen LogP contribution >= 0.6 is 0 Å². The van der Waals surface area contributed by atoms with Crippen LogP contribution in [0.15, 0.2) is 23.2 Å². The fraction of sp³-hybridized carbons (Fsp3) is 0.562. The molecular weight excluding hydrogens is 323 g/mol. The summed E-state index contributed by atoms with van der Waals surface area (Å²) >= 11 is 0. The molecule has 1 aromatic carbocycles. The van der Waals surface area contributed by atoms with Gasteiger partial charge in [0.1, 0.15) is 12.4 Å². The number of nitrogens with zero attached hydrogens (tertiary/aromatic N) is 1. The first-order valence-electron chi connectivity index (χ1n) is 7.64. The second-order valence-electron chi connectivity index (χ2n) is 6.85. The number of aliphatic imine (C=N–C) groups is 1. The van der Waals surface area contributed by atoms with E-state index in [0.717, 1.165) is 13.0 Å². The van der Waals surface area contributed by atoms with Gasteiger partial charge in [-0.3, -0.25) is 0 Å². The lowest BCUT2D eigenvalue weighted by molar-refractivity contribution is -0.173. The molecule has 0 bridgehead atoms. The van der Waals surface area contributed by atoms with Crippen LogP contribution in [0.3, 0.4) is 0 Å². The molecule has 5 nitrogen and oxygen atoms in total. The molecule has 24 heavy (non-hydrogen) atoms. The Bertz CT molecular complexity index is 677. The van der Waals surface area contributed by atoms with Crippen LogP contribution in [-0.2, 0) is 15.1 Å². The van der Waals surface area contributed by atoms with Crippen molar-refractivity contribution in [2.24, 2.45) is 16.1 Å². The number of hydrogen-bond donors (Lipinski definition) is 2. The van der Waals surface area contributed by atoms with Gasteiger partial charge in [-0.25, -0.2) is 9.38 Å². The average Bonchev–Trinajstić information content (AvgIpc) is 2.49. The molecule has 0 spiro atoms. The highest BCUT2D eigenvalue weighted by Gasteiger charge is 2.57. The van der Waals surface area contributed by atoms with E-state index in [9.17, 15) is 13.2 Å². The molecule has 0 radical (unpaired) electrons. The van der Waals surface area contributed by atoms with Crippen molar-refractivity contribution in [3.63, 3.8) is 0 Å². The van der Waals surface area contributed by atoms with E-state index >= 15 is 0 Å². The second-order valence-corrected chi connectivity index (χ2v) is 6.85. The molecular formula is C16H20F3N3O2. The first-order chi connectivity index (χ1) is 11.2. The van der Waals surface area contributed by atoms with E-state index in [1.165, 1.54) is 12.1 Å². The van der Waals surface area contributed by atoms with E-state index in [1.54, 1.807) is 0 Å². The number of nitrogens with one attached hydrogen (secondary N) is 1. The molecule has 0 aliphatic carbocycles. The SMILES string of the molecule is CC1(CNc2ccc(F)c([C@@]3(C)OC(N)=NCC3(F)F)c2)COC1. The zero-order valence-corrected chi connectivity index (χ0v) is 13.5. The number of rotatable bonds is 4. The van der Waals surface area contributed by atoms with Gasteiger partial charge in [-0.1, -0.05) is 6.92 Å². The Labute approximate surface area is 138 Å². The Balaban J connectivity index is 1.89. The summed E-state index contributed by atoms with van der Waals surface area (Å²) in [6.07, 6.45) is 0. The summed E-state index contributed by atoms with van der Waals surface area (Å²) < 4.78 is 53.3. The van der Waals surface area contributed by atoms with Crippen LogP contribution in [0.2, 0.25) is 0 Å². The van der Waals surface area contributed by atoms with Gasteiger partial charge in [0.2, 0.25) is 5.60 Å². The van der Waals surface area contributed by atoms with Crippen LogP contribution in [0.4, 0.5) is 18.9 Å². The molecule has 0 saturated carbocycles. The van der Waals surface area contributed by atoms with Crippen molar-refractivity contribution in [1.29, 1.82) is 0 Å². The quantitative estimate of drug-likeness (QED) is 0.881. The van der Waals surface area contributed by atoms with E-state index in [-0.39, 0.29) is 17.0 Å². The molecule has 132 valence electrons. The van der Waals surface area contributed by atoms with E-state index in [0.29, 0.717) is 25.4 Å². The lowest BCUT2D eigenvalue weighted by Gasteiger charge is -2.40. The molecule has 8 heteroatoms. The topological polar surface area (TPSA) is 68.9 Å². The zero-order valence-electron chi connectivity index (χ0n) is 13.5. The van der Waals surface area contributed by atoms with Crippen LogP contribution in [0.25, 0.3) is 0 Å². The second kappa shape index (κ2) is 5.54. The number of anilines is 1. The Morgan fingerprint density at radius 2 is 2.00 bits per heavy atom. The van der Waals surface area contributed by atoms with Gasteiger partial charge in [0, 0.05) is 23.2 Å². The van der Waals surface area contributed by atoms with Crippen molar-refractivity contribution >= 4 is 11.7 Å². The van der Waals surface area contributed by atoms with Crippen molar-refractivity contribution in [3.05, 3.63) is 29.6 Å². The predicted octanol–water partition coefficient (Wildman–Crippen LogP) is 2.47. The van der Waals surface area contributed by atoms with Crippen molar-refractivity contribution in [2.45, 2.75) is 25.4 Å². The standard InChI is InChI=1S/C16H20F3N3O2/c1-14(8-23-9-14)6-21-10-3-4-12(17)11(5-10)15(2)16(18,19)7-22-13(20)24-15/h3-5,21H,6-9H2,1-2H3,(H2,20,22)/t15-/m1/s1. The van der Waals surface area contributed by atoms with E-state index in [4.69, 9.17) is 15.2 Å². The third kappa shape index (κ3) is 2.79. The lowest BCUT2D eigenvalue weighted by Crippen LogP contribution is -2.53. The van der Waals surface area contributed by atoms with Gasteiger partial charge in [0.05, 0.1) is 13.2 Å². The van der Waals surface area contributed by atoms with E-state index in [2.05, 4.69) is 10.3 Å². The number of halogens is 3. The lowest BCUT2D eigenvalue weighted by atomic mass is 9.86. The van der Waals surface area contributed by atoms with Crippen molar-refractivity contribution in [1.82, 2.24) is 0 Å². The zero-order chi connectivity index (χ0) is 17.6. The minimum absolute atomic E-state index is 0.0131. The molecule has 0 amide bonds. The van der Waals surface area contributed by atoms with Crippen LogP contribution in [0.1, 0.15) is 19.4 Å². The van der Waals surface area contributed by atoms with Crippen LogP contribution in [-0.4, -0.2) is 38.2 Å². The maximum absolute atomic E-state index is 14.4. The Hall–Kier alpha value is -1.96. The van der Waals surface area contributed by atoms with Crippen molar-refractivity contribution in [2.75, 3.05) is 31.6 Å². The van der Waals surface area contributed by atoms with E-state index < -0.39 is 23.9 Å². The van der Waals surface area contributed by atoms with Gasteiger partial charge in [-0.05, 0) is 25.1 Å². The first-order valence-corrected chi connectivity index (χ1v) is 7.64. The molecule has 0 aromatic heterocycles. The number of hydrogen-bond acceptors (Lipinski definition) is 5. The fourth-order valence-electron chi connectivity index (χ4n) is 2.77. The van der Waals surface area contributed by atoms with Gasteiger partial charge in [-0.15, -0.1) is 0 Å². The number of alkyl halides is 2. The third-order valence-electron chi connectivity index (χ3n) is 4.54. The van der Waals surface area contributed by atoms with Gasteiger partial charge < -0.3 is 20.5 Å². The number of benzene rings is 1. The number of amidine groups is 1. The van der Waals surface area contributed by atoms with Gasteiger partial charge in [-0.2, -0.15) is 8.78 Å². The Kier molecular flexibility index (Phi) is 3.90. The smallest absolute Gasteiger partial charge is 0.310 e. The molecule has 1 atom stereocenters. The molecule has 2 aliphatic rings. The maximum Gasteiger partial charge on any atom is 0.310 e. The highest BCUT2D eigenvalue weighted by Crippen LogP contribution is 2.44.